The van der Waals surface area contributed by atoms with Crippen molar-refractivity contribution < 1.29 is 13.6 Å². The molecule has 6 heteroatoms. The Morgan fingerprint density at radius 1 is 1.38 bits per heavy atom. The standard InChI is InChI=1S/C18H20F2N2OS/c1-12-21-10-17(24-12)18(23)22-9-3-4-13(11-22)7-8-14-15(19)5-2-6-16(14)20/h2,5-6,10,13H,3-4,7-9,11H2,1H3. The smallest absolute Gasteiger partial charge is 0.265 e. The maximum atomic E-state index is 13.7. The molecule has 3 nitrogen and oxygen atoms in total. The summed E-state index contributed by atoms with van der Waals surface area (Å²) in [6, 6.07) is 3.97. The van der Waals surface area contributed by atoms with Gasteiger partial charge in [-0.2, -0.15) is 0 Å². The van der Waals surface area contributed by atoms with Crippen molar-refractivity contribution in [2.45, 2.75) is 32.6 Å². The predicted octanol–water partition coefficient (Wildman–Crippen LogP) is 4.21. The first-order chi connectivity index (χ1) is 11.5. The molecular formula is C18H20F2N2OS. The molecule has 1 atom stereocenters. The second kappa shape index (κ2) is 7.38. The van der Waals surface area contributed by atoms with Crippen LogP contribution in [0.4, 0.5) is 8.78 Å². The van der Waals surface area contributed by atoms with Gasteiger partial charge in [-0.25, -0.2) is 13.8 Å². The highest BCUT2D eigenvalue weighted by molar-refractivity contribution is 7.13. The summed E-state index contributed by atoms with van der Waals surface area (Å²) in [6.45, 7) is 3.26. The van der Waals surface area contributed by atoms with Crippen LogP contribution in [0.2, 0.25) is 0 Å². The number of amides is 1. The van der Waals surface area contributed by atoms with Gasteiger partial charge in [-0.05, 0) is 50.7 Å². The highest BCUT2D eigenvalue weighted by Crippen LogP contribution is 2.25. The Labute approximate surface area is 144 Å². The third-order valence-corrected chi connectivity index (χ3v) is 5.40. The molecule has 0 radical (unpaired) electrons. The Morgan fingerprint density at radius 3 is 2.79 bits per heavy atom. The first-order valence-electron chi connectivity index (χ1n) is 8.19. The van der Waals surface area contributed by atoms with Crippen LogP contribution in [0.3, 0.4) is 0 Å². The number of rotatable bonds is 4. The maximum Gasteiger partial charge on any atom is 0.265 e. The zero-order valence-electron chi connectivity index (χ0n) is 13.6. The molecule has 2 heterocycles. The van der Waals surface area contributed by atoms with E-state index in [1.165, 1.54) is 29.5 Å². The molecule has 1 amide bonds. The van der Waals surface area contributed by atoms with Crippen molar-refractivity contribution in [2.24, 2.45) is 5.92 Å². The highest BCUT2D eigenvalue weighted by Gasteiger charge is 2.26. The first kappa shape index (κ1) is 17.0. The lowest BCUT2D eigenvalue weighted by molar-refractivity contribution is 0.0672. The molecule has 0 saturated carbocycles. The van der Waals surface area contributed by atoms with Crippen molar-refractivity contribution in [3.05, 3.63) is 51.5 Å². The molecule has 2 aromatic rings. The number of hydrogen-bond donors (Lipinski definition) is 0. The molecule has 3 rings (SSSR count). The molecule has 1 aliphatic rings. The molecular weight excluding hydrogens is 330 g/mol. The van der Waals surface area contributed by atoms with Gasteiger partial charge in [-0.15, -0.1) is 11.3 Å². The third-order valence-electron chi connectivity index (χ3n) is 4.50. The fourth-order valence-corrected chi connectivity index (χ4v) is 3.97. The van der Waals surface area contributed by atoms with Crippen molar-refractivity contribution >= 4 is 17.2 Å². The fourth-order valence-electron chi connectivity index (χ4n) is 3.22. The van der Waals surface area contributed by atoms with Crippen molar-refractivity contribution in [2.75, 3.05) is 13.1 Å². The predicted molar refractivity (Wildman–Crippen MR) is 90.2 cm³/mol. The maximum absolute atomic E-state index is 13.7. The summed E-state index contributed by atoms with van der Waals surface area (Å²) >= 11 is 1.40. The monoisotopic (exact) mass is 350 g/mol. The van der Waals surface area contributed by atoms with Gasteiger partial charge in [-0.1, -0.05) is 6.07 Å². The molecule has 1 saturated heterocycles. The molecule has 1 fully saturated rings. The zero-order chi connectivity index (χ0) is 17.1. The van der Waals surface area contributed by atoms with Gasteiger partial charge in [0.1, 0.15) is 16.5 Å². The molecule has 1 unspecified atom stereocenters. The number of hydrogen-bond acceptors (Lipinski definition) is 3. The number of thiazole rings is 1. The van der Waals surface area contributed by atoms with Crippen molar-refractivity contribution in [3.8, 4) is 0 Å². The van der Waals surface area contributed by atoms with E-state index in [9.17, 15) is 13.6 Å². The minimum absolute atomic E-state index is 0.0161. The Kier molecular flexibility index (Phi) is 5.23. The second-order valence-electron chi connectivity index (χ2n) is 6.24. The number of halogens is 2. The van der Waals surface area contributed by atoms with Crippen LogP contribution in [0.5, 0.6) is 0 Å². The summed E-state index contributed by atoms with van der Waals surface area (Å²) in [7, 11) is 0. The van der Waals surface area contributed by atoms with Gasteiger partial charge in [0.05, 0.1) is 11.2 Å². The van der Waals surface area contributed by atoms with E-state index in [-0.39, 0.29) is 17.4 Å². The zero-order valence-corrected chi connectivity index (χ0v) is 14.4. The van der Waals surface area contributed by atoms with Crippen LogP contribution >= 0.6 is 11.3 Å². The highest BCUT2D eigenvalue weighted by atomic mass is 32.1. The molecule has 0 bridgehead atoms. The van der Waals surface area contributed by atoms with Crippen LogP contribution in [-0.2, 0) is 6.42 Å². The number of piperidine rings is 1. The quantitative estimate of drug-likeness (QED) is 0.827. The summed E-state index contributed by atoms with van der Waals surface area (Å²) in [5, 5.41) is 0.877. The molecule has 0 spiro atoms. The van der Waals surface area contributed by atoms with Gasteiger partial charge in [-0.3, -0.25) is 4.79 Å². The third kappa shape index (κ3) is 3.80. The lowest BCUT2D eigenvalue weighted by Crippen LogP contribution is -2.39. The normalized spacial score (nSPS) is 18.0. The van der Waals surface area contributed by atoms with Crippen LogP contribution in [0, 0.1) is 24.5 Å². The van der Waals surface area contributed by atoms with Crippen molar-refractivity contribution in [1.82, 2.24) is 9.88 Å². The number of benzene rings is 1. The summed E-state index contributed by atoms with van der Waals surface area (Å²) in [4.78, 5) is 19.2. The van der Waals surface area contributed by atoms with Crippen molar-refractivity contribution in [1.29, 1.82) is 0 Å². The molecule has 0 N–H and O–H groups in total. The van der Waals surface area contributed by atoms with Gasteiger partial charge in [0, 0.05) is 18.7 Å². The second-order valence-corrected chi connectivity index (χ2v) is 7.48. The molecule has 24 heavy (non-hydrogen) atoms. The van der Waals surface area contributed by atoms with E-state index in [1.54, 1.807) is 6.20 Å². The van der Waals surface area contributed by atoms with Gasteiger partial charge in [0.25, 0.3) is 5.91 Å². The topological polar surface area (TPSA) is 33.2 Å². The lowest BCUT2D eigenvalue weighted by atomic mass is 9.91. The Hall–Kier alpha value is -1.82. The fraction of sp³-hybridized carbons (Fsp3) is 0.444. The van der Waals surface area contributed by atoms with Crippen LogP contribution in [-0.4, -0.2) is 28.9 Å². The summed E-state index contributed by atoms with van der Waals surface area (Å²) in [5.41, 5.74) is 0.152. The van der Waals surface area contributed by atoms with Crippen molar-refractivity contribution in [3.63, 3.8) is 0 Å². The van der Waals surface area contributed by atoms with E-state index in [0.29, 0.717) is 24.3 Å². The number of carbonyl (C=O) groups is 1. The summed E-state index contributed by atoms with van der Waals surface area (Å²) in [6.07, 6.45) is 4.59. The number of aryl methyl sites for hydroxylation is 1. The Bertz CT molecular complexity index is 711. The van der Waals surface area contributed by atoms with E-state index < -0.39 is 11.6 Å². The lowest BCUT2D eigenvalue weighted by Gasteiger charge is -2.32. The Morgan fingerprint density at radius 2 is 2.12 bits per heavy atom. The van der Waals surface area contributed by atoms with E-state index >= 15 is 0 Å². The summed E-state index contributed by atoms with van der Waals surface area (Å²) < 4.78 is 27.4. The van der Waals surface area contributed by atoms with Gasteiger partial charge in [0.15, 0.2) is 0 Å². The SMILES string of the molecule is Cc1ncc(C(=O)N2CCCC(CCc3c(F)cccc3F)C2)s1. The number of aromatic nitrogens is 1. The van der Waals surface area contributed by atoms with E-state index in [0.717, 1.165) is 24.4 Å². The summed E-state index contributed by atoms with van der Waals surface area (Å²) in [5.74, 6) is -0.684. The molecule has 0 aliphatic carbocycles. The number of carbonyl (C=O) groups excluding carboxylic acids is 1. The number of likely N-dealkylation sites (tertiary alicyclic amines) is 1. The average molecular weight is 350 g/mol. The largest absolute Gasteiger partial charge is 0.338 e. The van der Waals surface area contributed by atoms with Gasteiger partial charge in [0.2, 0.25) is 0 Å². The first-order valence-corrected chi connectivity index (χ1v) is 9.01. The molecule has 128 valence electrons. The minimum atomic E-state index is -0.487. The van der Waals surface area contributed by atoms with Gasteiger partial charge < -0.3 is 4.90 Å². The number of nitrogens with zero attached hydrogens (tertiary/aromatic N) is 2. The van der Waals surface area contributed by atoms with Crippen LogP contribution in [0.15, 0.2) is 24.4 Å². The van der Waals surface area contributed by atoms with E-state index in [4.69, 9.17) is 0 Å². The minimum Gasteiger partial charge on any atom is -0.338 e. The molecule has 1 aromatic carbocycles. The molecule has 1 aliphatic heterocycles. The molecule has 1 aromatic heterocycles. The van der Waals surface area contributed by atoms with Gasteiger partial charge >= 0.3 is 0 Å². The average Bonchev–Trinajstić information content (AvgIpc) is 3.00. The van der Waals surface area contributed by atoms with Crippen LogP contribution in [0.25, 0.3) is 0 Å². The van der Waals surface area contributed by atoms with Crippen LogP contribution in [0.1, 0.15) is 39.5 Å². The Balaban J connectivity index is 1.60. The van der Waals surface area contributed by atoms with Crippen LogP contribution < -0.4 is 0 Å². The van der Waals surface area contributed by atoms with E-state index in [1.807, 2.05) is 11.8 Å². The van der Waals surface area contributed by atoms with E-state index in [2.05, 4.69) is 4.98 Å².